The fraction of sp³-hybridized carbons (Fsp3) is 0.500. The first-order valence-corrected chi connectivity index (χ1v) is 8.16. The number of likely N-dealkylation sites (tertiary alicyclic amines) is 1. The number of rotatable bonds is 2. The Kier molecular flexibility index (Phi) is 5.45. The number of benzene rings is 1. The molecule has 128 valence electrons. The fourth-order valence-electron chi connectivity index (χ4n) is 2.63. The molecular weight excluding hydrogens is 304 g/mol. The Balaban J connectivity index is 1.85. The van der Waals surface area contributed by atoms with E-state index in [1.54, 1.807) is 29.2 Å². The van der Waals surface area contributed by atoms with E-state index in [-0.39, 0.29) is 23.5 Å². The van der Waals surface area contributed by atoms with Gasteiger partial charge in [0.1, 0.15) is 0 Å². The fourth-order valence-corrected chi connectivity index (χ4v) is 2.63. The summed E-state index contributed by atoms with van der Waals surface area (Å²) in [5.41, 5.74) is 0.701. The smallest absolute Gasteiger partial charge is 0.317 e. The van der Waals surface area contributed by atoms with E-state index in [1.165, 1.54) is 0 Å². The van der Waals surface area contributed by atoms with Crippen LogP contribution >= 0.6 is 0 Å². The van der Waals surface area contributed by atoms with Gasteiger partial charge < -0.3 is 15.5 Å². The zero-order chi connectivity index (χ0) is 17.7. The molecule has 1 aromatic carbocycles. The molecule has 1 aliphatic heterocycles. The van der Waals surface area contributed by atoms with Gasteiger partial charge in [0.05, 0.1) is 11.6 Å². The van der Waals surface area contributed by atoms with Crippen molar-refractivity contribution in [2.45, 2.75) is 45.2 Å². The van der Waals surface area contributed by atoms with Crippen LogP contribution in [0.3, 0.4) is 0 Å². The Hall–Kier alpha value is -2.55. The van der Waals surface area contributed by atoms with Crippen molar-refractivity contribution in [2.75, 3.05) is 13.1 Å². The molecule has 24 heavy (non-hydrogen) atoms. The average molecular weight is 328 g/mol. The summed E-state index contributed by atoms with van der Waals surface area (Å²) in [6.45, 7) is 7.09. The molecule has 0 atom stereocenters. The average Bonchev–Trinajstić information content (AvgIpc) is 2.54. The van der Waals surface area contributed by atoms with Crippen LogP contribution in [-0.4, -0.2) is 41.5 Å². The van der Waals surface area contributed by atoms with Gasteiger partial charge in [-0.15, -0.1) is 0 Å². The SMILES string of the molecule is CC(C)(C)NC(=O)N1CCC(NC(=O)c2cccc(C#N)c2)CC1. The molecule has 0 aromatic heterocycles. The molecule has 1 aromatic rings. The molecule has 0 spiro atoms. The zero-order valence-corrected chi connectivity index (χ0v) is 14.4. The highest BCUT2D eigenvalue weighted by Crippen LogP contribution is 2.13. The molecule has 0 unspecified atom stereocenters. The van der Waals surface area contributed by atoms with Gasteiger partial charge in [-0.05, 0) is 51.8 Å². The molecule has 1 fully saturated rings. The molecule has 2 rings (SSSR count). The summed E-state index contributed by atoms with van der Waals surface area (Å²) in [7, 11) is 0. The monoisotopic (exact) mass is 328 g/mol. The minimum atomic E-state index is -0.256. The molecule has 3 amide bonds. The van der Waals surface area contributed by atoms with Gasteiger partial charge in [0.15, 0.2) is 0 Å². The second kappa shape index (κ2) is 7.35. The van der Waals surface area contributed by atoms with Crippen LogP contribution in [0.4, 0.5) is 4.79 Å². The van der Waals surface area contributed by atoms with Gasteiger partial charge in [-0.25, -0.2) is 4.79 Å². The van der Waals surface area contributed by atoms with Crippen LogP contribution < -0.4 is 10.6 Å². The summed E-state index contributed by atoms with van der Waals surface area (Å²) in [5, 5.41) is 14.8. The first kappa shape index (κ1) is 17.8. The van der Waals surface area contributed by atoms with E-state index < -0.39 is 0 Å². The number of piperidine rings is 1. The van der Waals surface area contributed by atoms with Crippen molar-refractivity contribution >= 4 is 11.9 Å². The Bertz CT molecular complexity index is 650. The van der Waals surface area contributed by atoms with Crippen molar-refractivity contribution in [1.82, 2.24) is 15.5 Å². The van der Waals surface area contributed by atoms with Gasteiger partial charge in [-0.3, -0.25) is 4.79 Å². The second-order valence-electron chi connectivity index (χ2n) is 7.11. The lowest BCUT2D eigenvalue weighted by Crippen LogP contribution is -2.53. The maximum Gasteiger partial charge on any atom is 0.317 e. The number of urea groups is 1. The second-order valence-corrected chi connectivity index (χ2v) is 7.11. The summed E-state index contributed by atoms with van der Waals surface area (Å²) in [6.07, 6.45) is 1.45. The number of nitriles is 1. The number of carbonyl (C=O) groups excluding carboxylic acids is 2. The van der Waals surface area contributed by atoms with Crippen molar-refractivity contribution in [3.05, 3.63) is 35.4 Å². The lowest BCUT2D eigenvalue weighted by molar-refractivity contribution is 0.0917. The molecule has 6 nitrogen and oxygen atoms in total. The molecule has 0 aliphatic carbocycles. The van der Waals surface area contributed by atoms with Gasteiger partial charge in [0.25, 0.3) is 5.91 Å². The van der Waals surface area contributed by atoms with Crippen LogP contribution in [0.25, 0.3) is 0 Å². The molecule has 0 radical (unpaired) electrons. The van der Waals surface area contributed by atoms with E-state index in [2.05, 4.69) is 10.6 Å². The predicted octanol–water partition coefficient (Wildman–Crippen LogP) is 2.26. The number of hydrogen-bond acceptors (Lipinski definition) is 3. The number of nitrogens with one attached hydrogen (secondary N) is 2. The molecule has 2 N–H and O–H groups in total. The van der Waals surface area contributed by atoms with E-state index in [1.807, 2.05) is 26.8 Å². The van der Waals surface area contributed by atoms with E-state index >= 15 is 0 Å². The Morgan fingerprint density at radius 1 is 1.25 bits per heavy atom. The van der Waals surface area contributed by atoms with Crippen LogP contribution in [0.1, 0.15) is 49.5 Å². The third-order valence-electron chi connectivity index (χ3n) is 3.85. The minimum Gasteiger partial charge on any atom is -0.349 e. The van der Waals surface area contributed by atoms with Gasteiger partial charge in [-0.1, -0.05) is 6.07 Å². The summed E-state index contributed by atoms with van der Waals surface area (Å²) < 4.78 is 0. The van der Waals surface area contributed by atoms with E-state index in [0.29, 0.717) is 24.2 Å². The maximum absolute atomic E-state index is 12.3. The number of nitrogens with zero attached hydrogens (tertiary/aromatic N) is 2. The van der Waals surface area contributed by atoms with Crippen molar-refractivity contribution < 1.29 is 9.59 Å². The van der Waals surface area contributed by atoms with Gasteiger partial charge >= 0.3 is 6.03 Å². The molecule has 6 heteroatoms. The Morgan fingerprint density at radius 3 is 2.50 bits per heavy atom. The van der Waals surface area contributed by atoms with Crippen LogP contribution in [0.2, 0.25) is 0 Å². The third kappa shape index (κ3) is 4.98. The molecular formula is C18H24N4O2. The zero-order valence-electron chi connectivity index (χ0n) is 14.4. The first-order chi connectivity index (χ1) is 11.3. The molecule has 0 bridgehead atoms. The molecule has 0 saturated carbocycles. The molecule has 1 aliphatic rings. The Labute approximate surface area is 142 Å². The number of hydrogen-bond donors (Lipinski definition) is 2. The lowest BCUT2D eigenvalue weighted by atomic mass is 10.0. The normalized spacial score (nSPS) is 15.5. The molecule has 1 heterocycles. The van der Waals surface area contributed by atoms with E-state index in [4.69, 9.17) is 5.26 Å². The highest BCUT2D eigenvalue weighted by Gasteiger charge is 2.26. The highest BCUT2D eigenvalue weighted by molar-refractivity contribution is 5.94. The summed E-state index contributed by atoms with van der Waals surface area (Å²) in [4.78, 5) is 26.2. The van der Waals surface area contributed by atoms with Crippen molar-refractivity contribution in [3.63, 3.8) is 0 Å². The third-order valence-corrected chi connectivity index (χ3v) is 3.85. The lowest BCUT2D eigenvalue weighted by Gasteiger charge is -2.34. The topological polar surface area (TPSA) is 85.2 Å². The van der Waals surface area contributed by atoms with Crippen LogP contribution in [0.15, 0.2) is 24.3 Å². The number of amides is 3. The van der Waals surface area contributed by atoms with Gasteiger partial charge in [0.2, 0.25) is 0 Å². The van der Waals surface area contributed by atoms with Gasteiger partial charge in [-0.2, -0.15) is 5.26 Å². The predicted molar refractivity (Wildman–Crippen MR) is 91.5 cm³/mol. The standard InChI is InChI=1S/C18H24N4O2/c1-18(2,3)21-17(24)22-9-7-15(8-10-22)20-16(23)14-6-4-5-13(11-14)12-19/h4-6,11,15H,7-10H2,1-3H3,(H,20,23)(H,21,24). The maximum atomic E-state index is 12.3. The highest BCUT2D eigenvalue weighted by atomic mass is 16.2. The number of carbonyl (C=O) groups is 2. The summed E-state index contributed by atoms with van der Waals surface area (Å²) >= 11 is 0. The van der Waals surface area contributed by atoms with E-state index in [0.717, 1.165) is 12.8 Å². The van der Waals surface area contributed by atoms with E-state index in [9.17, 15) is 9.59 Å². The van der Waals surface area contributed by atoms with Crippen LogP contribution in [0, 0.1) is 11.3 Å². The van der Waals surface area contributed by atoms with Gasteiger partial charge in [0, 0.05) is 30.2 Å². The quantitative estimate of drug-likeness (QED) is 0.873. The first-order valence-electron chi connectivity index (χ1n) is 8.16. The van der Waals surface area contributed by atoms with Crippen molar-refractivity contribution in [2.24, 2.45) is 0 Å². The Morgan fingerprint density at radius 2 is 1.92 bits per heavy atom. The molecule has 1 saturated heterocycles. The van der Waals surface area contributed by atoms with Crippen LogP contribution in [0.5, 0.6) is 0 Å². The summed E-state index contributed by atoms with van der Waals surface area (Å²) in [6, 6.07) is 8.67. The van der Waals surface area contributed by atoms with Crippen LogP contribution in [-0.2, 0) is 0 Å². The van der Waals surface area contributed by atoms with Crippen molar-refractivity contribution in [1.29, 1.82) is 5.26 Å². The largest absolute Gasteiger partial charge is 0.349 e. The summed E-state index contributed by atoms with van der Waals surface area (Å²) in [5.74, 6) is -0.176. The minimum absolute atomic E-state index is 0.0435. The van der Waals surface area contributed by atoms with Crippen molar-refractivity contribution in [3.8, 4) is 6.07 Å².